The zero-order chi connectivity index (χ0) is 14.4. The normalized spacial score (nSPS) is 10.2. The number of aliphatic carboxylic acids is 1. The largest absolute Gasteiger partial charge is 0.481 e. The van der Waals surface area contributed by atoms with Crippen molar-refractivity contribution in [2.75, 3.05) is 0 Å². The van der Waals surface area contributed by atoms with Crippen LogP contribution in [-0.4, -0.2) is 11.1 Å². The monoisotopic (exact) mass is 316 g/mol. The molecule has 0 spiro atoms. The second-order valence-corrected chi connectivity index (χ2v) is 6.22. The maximum absolute atomic E-state index is 10.2. The van der Waals surface area contributed by atoms with Crippen molar-refractivity contribution >= 4 is 5.97 Å². The Bertz CT molecular complexity index is 182. The minimum absolute atomic E-state index is 0. The molecule has 0 aliphatic heterocycles. The predicted octanol–water partition coefficient (Wildman–Crippen LogP) is 5.65. The third kappa shape index (κ3) is 32.0. The molecule has 0 aromatic carbocycles. The van der Waals surface area contributed by atoms with Gasteiger partial charge in [0, 0.05) is 22.9 Å². The molecule has 0 aromatic rings. The molecule has 0 amide bonds. The first kappa shape index (κ1) is 24.0. The van der Waals surface area contributed by atoms with Gasteiger partial charge in [-0.25, -0.2) is 0 Å². The molecule has 120 valence electrons. The minimum Gasteiger partial charge on any atom is -0.481 e. The molecule has 0 heterocycles. The van der Waals surface area contributed by atoms with Crippen molar-refractivity contribution in [2.24, 2.45) is 5.41 Å². The molecule has 0 saturated heterocycles. The van der Waals surface area contributed by atoms with Gasteiger partial charge in [-0.15, -0.1) is 0 Å². The third-order valence-electron chi connectivity index (χ3n) is 2.77. The Labute approximate surface area is 130 Å². The fourth-order valence-electron chi connectivity index (χ4n) is 1.61. The van der Waals surface area contributed by atoms with Gasteiger partial charge in [-0.1, -0.05) is 73.1 Å². The number of carboxylic acid groups (broad SMARTS) is 1. The van der Waals surface area contributed by atoms with E-state index >= 15 is 0 Å². The molecule has 0 aliphatic rings. The number of rotatable bonds is 8. The second kappa shape index (κ2) is 16.0. The Morgan fingerprint density at radius 1 is 0.895 bits per heavy atom. The first-order chi connectivity index (χ1) is 8.33. The summed E-state index contributed by atoms with van der Waals surface area (Å²) in [5.74, 6) is -0.675. The van der Waals surface area contributed by atoms with Crippen molar-refractivity contribution in [1.82, 2.24) is 0 Å². The standard InChI is InChI=1S/C10H20O2.C6H14.Ni/c1-10(2,3)8-6-4-5-7-9(11)12;1-3-5-6-4-2;/h4-8H2,1-3H3,(H,11,12);3-6H2,1-2H3;. The zero-order valence-electron chi connectivity index (χ0n) is 13.5. The van der Waals surface area contributed by atoms with Gasteiger partial charge >= 0.3 is 5.97 Å². The van der Waals surface area contributed by atoms with Gasteiger partial charge in [-0.05, 0) is 18.3 Å². The first-order valence-electron chi connectivity index (χ1n) is 7.55. The molecule has 19 heavy (non-hydrogen) atoms. The maximum Gasteiger partial charge on any atom is 0.303 e. The van der Waals surface area contributed by atoms with Gasteiger partial charge < -0.3 is 5.11 Å². The van der Waals surface area contributed by atoms with Crippen LogP contribution in [0.1, 0.15) is 92.4 Å². The van der Waals surface area contributed by atoms with Gasteiger partial charge in [0.1, 0.15) is 0 Å². The Morgan fingerprint density at radius 2 is 1.37 bits per heavy atom. The van der Waals surface area contributed by atoms with Crippen LogP contribution in [0.3, 0.4) is 0 Å². The quantitative estimate of drug-likeness (QED) is 0.464. The molecule has 2 nitrogen and oxygen atoms in total. The van der Waals surface area contributed by atoms with E-state index in [-0.39, 0.29) is 16.5 Å². The average Bonchev–Trinajstić information content (AvgIpc) is 2.24. The van der Waals surface area contributed by atoms with Crippen molar-refractivity contribution in [3.05, 3.63) is 0 Å². The van der Waals surface area contributed by atoms with Crippen LogP contribution in [0.4, 0.5) is 0 Å². The Hall–Kier alpha value is -0.0365. The van der Waals surface area contributed by atoms with E-state index in [1.54, 1.807) is 0 Å². The second-order valence-electron chi connectivity index (χ2n) is 6.22. The summed E-state index contributed by atoms with van der Waals surface area (Å²) in [5.41, 5.74) is 0.392. The number of hydrogen-bond acceptors (Lipinski definition) is 1. The molecule has 0 fully saturated rings. The van der Waals surface area contributed by atoms with Crippen molar-refractivity contribution in [3.8, 4) is 0 Å². The third-order valence-corrected chi connectivity index (χ3v) is 2.77. The molecule has 0 bridgehead atoms. The van der Waals surface area contributed by atoms with Gasteiger partial charge in [0.2, 0.25) is 0 Å². The van der Waals surface area contributed by atoms with Gasteiger partial charge in [-0.2, -0.15) is 0 Å². The summed E-state index contributed by atoms with van der Waals surface area (Å²) in [6.07, 6.45) is 10.1. The fraction of sp³-hybridized carbons (Fsp3) is 0.938. The number of unbranched alkanes of at least 4 members (excludes halogenated alkanes) is 5. The van der Waals surface area contributed by atoms with Crippen molar-refractivity contribution < 1.29 is 26.4 Å². The van der Waals surface area contributed by atoms with E-state index in [1.807, 2.05) is 0 Å². The van der Waals surface area contributed by atoms with Gasteiger partial charge in [0.25, 0.3) is 0 Å². The molecular weight excluding hydrogens is 283 g/mol. The molecular formula is C16H34NiO2. The zero-order valence-corrected chi connectivity index (χ0v) is 14.5. The summed E-state index contributed by atoms with van der Waals surface area (Å²) in [6, 6.07) is 0. The molecule has 0 unspecified atom stereocenters. The summed E-state index contributed by atoms with van der Waals surface area (Å²) >= 11 is 0. The topological polar surface area (TPSA) is 37.3 Å². The van der Waals surface area contributed by atoms with Gasteiger partial charge in [0.05, 0.1) is 0 Å². The van der Waals surface area contributed by atoms with E-state index in [0.29, 0.717) is 11.8 Å². The SMILES string of the molecule is CC(C)(C)CCCCCC(=O)O.CCCCCC.[Ni]. The van der Waals surface area contributed by atoms with Gasteiger partial charge in [0.15, 0.2) is 0 Å². The van der Waals surface area contributed by atoms with Crippen LogP contribution in [-0.2, 0) is 21.3 Å². The summed E-state index contributed by atoms with van der Waals surface area (Å²) in [5, 5.41) is 8.37. The summed E-state index contributed by atoms with van der Waals surface area (Å²) in [6.45, 7) is 11.1. The van der Waals surface area contributed by atoms with E-state index in [0.717, 1.165) is 19.3 Å². The number of hydrogen-bond donors (Lipinski definition) is 1. The Kier molecular flexibility index (Phi) is 20.2. The molecule has 3 heteroatoms. The maximum atomic E-state index is 10.2. The van der Waals surface area contributed by atoms with Crippen LogP contribution < -0.4 is 0 Å². The summed E-state index contributed by atoms with van der Waals surface area (Å²) in [4.78, 5) is 10.2. The Morgan fingerprint density at radius 3 is 1.68 bits per heavy atom. The predicted molar refractivity (Wildman–Crippen MR) is 80.0 cm³/mol. The number of carbonyl (C=O) groups is 1. The van der Waals surface area contributed by atoms with E-state index < -0.39 is 5.97 Å². The van der Waals surface area contributed by atoms with E-state index in [4.69, 9.17) is 5.11 Å². The van der Waals surface area contributed by atoms with Crippen LogP contribution in [0.5, 0.6) is 0 Å². The molecule has 0 atom stereocenters. The van der Waals surface area contributed by atoms with Crippen molar-refractivity contribution in [2.45, 2.75) is 92.4 Å². The molecule has 0 rings (SSSR count). The first-order valence-corrected chi connectivity index (χ1v) is 7.55. The molecule has 0 radical (unpaired) electrons. The Balaban J connectivity index is -0.000000313. The molecule has 0 aromatic heterocycles. The molecule has 1 N–H and O–H groups in total. The average molecular weight is 317 g/mol. The minimum atomic E-state index is -0.675. The number of carboxylic acids is 1. The summed E-state index contributed by atoms with van der Waals surface area (Å²) < 4.78 is 0. The molecule has 0 saturated carbocycles. The summed E-state index contributed by atoms with van der Waals surface area (Å²) in [7, 11) is 0. The fourth-order valence-corrected chi connectivity index (χ4v) is 1.61. The van der Waals surface area contributed by atoms with Crippen LogP contribution in [0.25, 0.3) is 0 Å². The molecule has 0 aliphatic carbocycles. The van der Waals surface area contributed by atoms with Crippen LogP contribution in [0, 0.1) is 5.41 Å². The van der Waals surface area contributed by atoms with Crippen molar-refractivity contribution in [1.29, 1.82) is 0 Å². The van der Waals surface area contributed by atoms with E-state index in [1.165, 1.54) is 32.1 Å². The van der Waals surface area contributed by atoms with Crippen LogP contribution in [0.15, 0.2) is 0 Å². The van der Waals surface area contributed by atoms with E-state index in [9.17, 15) is 4.79 Å². The van der Waals surface area contributed by atoms with Crippen LogP contribution >= 0.6 is 0 Å². The smallest absolute Gasteiger partial charge is 0.303 e. The van der Waals surface area contributed by atoms with E-state index in [2.05, 4.69) is 34.6 Å². The van der Waals surface area contributed by atoms with Crippen LogP contribution in [0.2, 0.25) is 0 Å². The van der Waals surface area contributed by atoms with Gasteiger partial charge in [-0.3, -0.25) is 4.79 Å². The van der Waals surface area contributed by atoms with Crippen molar-refractivity contribution in [3.63, 3.8) is 0 Å².